The van der Waals surface area contributed by atoms with Crippen LogP contribution in [0.3, 0.4) is 0 Å². The summed E-state index contributed by atoms with van der Waals surface area (Å²) in [5.74, 6) is -0.887. The van der Waals surface area contributed by atoms with Crippen molar-refractivity contribution in [2.24, 2.45) is 0 Å². The zero-order chi connectivity index (χ0) is 11.4. The maximum absolute atomic E-state index is 10.6. The molecule has 1 aromatic carbocycles. The van der Waals surface area contributed by atoms with Gasteiger partial charge in [0.15, 0.2) is 12.5 Å². The molecule has 0 radical (unpaired) electrons. The van der Waals surface area contributed by atoms with Gasteiger partial charge in [-0.3, -0.25) is 0 Å². The van der Waals surface area contributed by atoms with Crippen molar-refractivity contribution in [2.75, 3.05) is 13.9 Å². The zero-order valence-electron chi connectivity index (χ0n) is 7.79. The first-order chi connectivity index (χ1) is 7.06. The first kappa shape index (κ1) is 12.1. The maximum atomic E-state index is 10.6. The molecule has 6 heteroatoms. The molecule has 1 rings (SSSR count). The second-order valence-electron chi connectivity index (χ2n) is 2.63. The lowest BCUT2D eigenvalue weighted by Gasteiger charge is -2.09. The minimum absolute atomic E-state index is 0.00808. The van der Waals surface area contributed by atoms with E-state index in [0.717, 1.165) is 0 Å². The Hall–Kier alpha value is -0.970. The van der Waals surface area contributed by atoms with Crippen LogP contribution in [0.5, 0.6) is 5.75 Å². The Morgan fingerprint density at radius 1 is 1.40 bits per heavy atom. The van der Waals surface area contributed by atoms with E-state index < -0.39 is 5.97 Å². The van der Waals surface area contributed by atoms with Gasteiger partial charge in [-0.2, -0.15) is 0 Å². The van der Waals surface area contributed by atoms with E-state index in [9.17, 15) is 4.79 Å². The zero-order valence-corrected chi connectivity index (χ0v) is 9.30. The Morgan fingerprint density at radius 2 is 1.93 bits per heavy atom. The van der Waals surface area contributed by atoms with Crippen molar-refractivity contribution >= 4 is 29.2 Å². The highest BCUT2D eigenvalue weighted by Crippen LogP contribution is 2.34. The van der Waals surface area contributed by atoms with Crippen LogP contribution in [0.1, 0.15) is 10.4 Å². The molecule has 1 N–H and O–H groups in total. The highest BCUT2D eigenvalue weighted by atomic mass is 35.5. The van der Waals surface area contributed by atoms with Gasteiger partial charge in [0.1, 0.15) is 0 Å². The summed E-state index contributed by atoms with van der Waals surface area (Å²) in [7, 11) is 1.45. The fourth-order valence-electron chi connectivity index (χ4n) is 0.939. The van der Waals surface area contributed by atoms with E-state index >= 15 is 0 Å². The second kappa shape index (κ2) is 5.21. The van der Waals surface area contributed by atoms with E-state index in [1.807, 2.05) is 0 Å². The van der Waals surface area contributed by atoms with Gasteiger partial charge in [-0.25, -0.2) is 4.79 Å². The number of ether oxygens (including phenoxy) is 2. The fraction of sp³-hybridized carbons (Fsp3) is 0.222. The van der Waals surface area contributed by atoms with E-state index in [1.54, 1.807) is 0 Å². The first-order valence-electron chi connectivity index (χ1n) is 3.90. The van der Waals surface area contributed by atoms with Crippen LogP contribution in [0, 0.1) is 0 Å². The molecular weight excluding hydrogens is 243 g/mol. The van der Waals surface area contributed by atoms with Crippen molar-refractivity contribution in [2.45, 2.75) is 0 Å². The summed E-state index contributed by atoms with van der Waals surface area (Å²) in [6, 6.07) is 2.53. The van der Waals surface area contributed by atoms with Crippen molar-refractivity contribution in [1.82, 2.24) is 0 Å². The monoisotopic (exact) mass is 250 g/mol. The van der Waals surface area contributed by atoms with E-state index in [2.05, 4.69) is 4.74 Å². The third kappa shape index (κ3) is 2.99. The van der Waals surface area contributed by atoms with Crippen molar-refractivity contribution in [1.29, 1.82) is 0 Å². The highest BCUT2D eigenvalue weighted by molar-refractivity contribution is 6.37. The minimum Gasteiger partial charge on any atom is -0.478 e. The molecule has 0 fully saturated rings. The van der Waals surface area contributed by atoms with Crippen molar-refractivity contribution < 1.29 is 19.4 Å². The molecule has 1 aromatic rings. The smallest absolute Gasteiger partial charge is 0.335 e. The minimum atomic E-state index is -1.10. The number of hydrogen-bond donors (Lipinski definition) is 1. The number of rotatable bonds is 4. The number of hydrogen-bond acceptors (Lipinski definition) is 3. The van der Waals surface area contributed by atoms with Gasteiger partial charge in [-0.15, -0.1) is 0 Å². The lowest BCUT2D eigenvalue weighted by Crippen LogP contribution is -2.02. The Labute approximate surface area is 96.3 Å². The van der Waals surface area contributed by atoms with Crippen LogP contribution >= 0.6 is 23.2 Å². The number of methoxy groups -OCH3 is 1. The molecule has 0 saturated carbocycles. The molecule has 0 atom stereocenters. The van der Waals surface area contributed by atoms with Crippen molar-refractivity contribution in [3.05, 3.63) is 27.7 Å². The summed E-state index contributed by atoms with van der Waals surface area (Å²) in [4.78, 5) is 10.6. The van der Waals surface area contributed by atoms with Gasteiger partial charge in [0, 0.05) is 7.11 Å². The molecule has 0 aliphatic carbocycles. The molecule has 0 spiro atoms. The number of carbonyl (C=O) groups is 1. The van der Waals surface area contributed by atoms with Gasteiger partial charge >= 0.3 is 5.97 Å². The van der Waals surface area contributed by atoms with Crippen LogP contribution in [-0.2, 0) is 4.74 Å². The molecule has 0 aliphatic rings. The van der Waals surface area contributed by atoms with Crippen LogP contribution in [0.4, 0.5) is 0 Å². The summed E-state index contributed by atoms with van der Waals surface area (Å²) < 4.78 is 9.75. The molecule has 82 valence electrons. The van der Waals surface area contributed by atoms with E-state index in [-0.39, 0.29) is 28.2 Å². The molecule has 0 aromatic heterocycles. The van der Waals surface area contributed by atoms with Gasteiger partial charge in [0.2, 0.25) is 0 Å². The molecular formula is C9H8Cl2O4. The second-order valence-corrected chi connectivity index (χ2v) is 3.44. The number of carboxylic acids is 1. The Bertz CT molecular complexity index is 355. The number of benzene rings is 1. The van der Waals surface area contributed by atoms with Gasteiger partial charge in [0.05, 0.1) is 15.6 Å². The number of carboxylic acid groups (broad SMARTS) is 1. The van der Waals surface area contributed by atoms with Crippen LogP contribution < -0.4 is 4.74 Å². The summed E-state index contributed by atoms with van der Waals surface area (Å²) in [5, 5.41) is 8.99. The maximum Gasteiger partial charge on any atom is 0.335 e. The standard InChI is InChI=1S/C9H8Cl2O4/c1-14-4-15-8-6(10)2-5(9(12)13)3-7(8)11/h2-3H,4H2,1H3,(H,12,13). The van der Waals surface area contributed by atoms with Gasteiger partial charge in [-0.1, -0.05) is 23.2 Å². The third-order valence-electron chi connectivity index (χ3n) is 1.57. The highest BCUT2D eigenvalue weighted by Gasteiger charge is 2.13. The summed E-state index contributed by atoms with van der Waals surface area (Å²) >= 11 is 11.6. The predicted molar refractivity (Wildman–Crippen MR) is 55.9 cm³/mol. The van der Waals surface area contributed by atoms with Crippen LogP contribution in [-0.4, -0.2) is 25.0 Å². The molecule has 0 aliphatic heterocycles. The molecule has 4 nitrogen and oxygen atoms in total. The van der Waals surface area contributed by atoms with Crippen LogP contribution in [0.25, 0.3) is 0 Å². The molecule has 0 unspecified atom stereocenters. The topological polar surface area (TPSA) is 55.8 Å². The lowest BCUT2D eigenvalue weighted by atomic mass is 10.2. The van der Waals surface area contributed by atoms with Gasteiger partial charge < -0.3 is 14.6 Å². The molecule has 0 saturated heterocycles. The van der Waals surface area contributed by atoms with Gasteiger partial charge in [-0.05, 0) is 12.1 Å². The SMILES string of the molecule is COCOc1c(Cl)cc(C(=O)O)cc1Cl. The first-order valence-corrected chi connectivity index (χ1v) is 4.66. The quantitative estimate of drug-likeness (QED) is 0.836. The molecule has 15 heavy (non-hydrogen) atoms. The Balaban J connectivity index is 3.04. The Morgan fingerprint density at radius 3 is 2.33 bits per heavy atom. The number of halogens is 2. The van der Waals surface area contributed by atoms with Crippen LogP contribution in [0.2, 0.25) is 10.0 Å². The Kier molecular flexibility index (Phi) is 4.20. The van der Waals surface area contributed by atoms with E-state index in [0.29, 0.717) is 0 Å². The number of aromatic carboxylic acids is 1. The average Bonchev–Trinajstić information content (AvgIpc) is 2.16. The predicted octanol–water partition coefficient (Wildman–Crippen LogP) is 2.67. The van der Waals surface area contributed by atoms with Gasteiger partial charge in [0.25, 0.3) is 0 Å². The fourth-order valence-corrected chi connectivity index (χ4v) is 1.54. The van der Waals surface area contributed by atoms with E-state index in [4.69, 9.17) is 33.0 Å². The average molecular weight is 251 g/mol. The lowest BCUT2D eigenvalue weighted by molar-refractivity contribution is 0.0512. The molecule has 0 amide bonds. The summed E-state index contributed by atoms with van der Waals surface area (Å²) in [6.45, 7) is -0.00808. The summed E-state index contributed by atoms with van der Waals surface area (Å²) in [5.41, 5.74) is 0.00904. The normalized spacial score (nSPS) is 10.1. The molecule has 0 heterocycles. The van der Waals surface area contributed by atoms with E-state index in [1.165, 1.54) is 19.2 Å². The van der Waals surface area contributed by atoms with Crippen molar-refractivity contribution in [3.8, 4) is 5.75 Å². The summed E-state index contributed by atoms with van der Waals surface area (Å²) in [6.07, 6.45) is 0. The molecule has 0 bridgehead atoms. The third-order valence-corrected chi connectivity index (χ3v) is 2.13. The van der Waals surface area contributed by atoms with Crippen molar-refractivity contribution in [3.63, 3.8) is 0 Å². The largest absolute Gasteiger partial charge is 0.478 e. The van der Waals surface area contributed by atoms with Crippen LogP contribution in [0.15, 0.2) is 12.1 Å².